The van der Waals surface area contributed by atoms with Gasteiger partial charge >= 0.3 is 0 Å². The number of aromatic nitrogens is 2. The standard InChI is InChI=1S/C24H22N2O3/c1-28-23-12-20-21(25-15-26-22(20)13-24(23)29-2)11-16-5-3-7-18(9-16)19-8-4-6-17(10-19)14-27/h3-10,12-13,15,27H,11,14H2,1-2H3. The number of rotatable bonds is 6. The minimum atomic E-state index is 0.0335. The molecule has 0 spiro atoms. The molecule has 1 aromatic heterocycles. The van der Waals surface area contributed by atoms with Gasteiger partial charge in [0.25, 0.3) is 0 Å². The molecule has 0 saturated carbocycles. The summed E-state index contributed by atoms with van der Waals surface area (Å²) in [5.41, 5.74) is 5.98. The van der Waals surface area contributed by atoms with E-state index in [1.807, 2.05) is 36.4 Å². The second-order valence-electron chi connectivity index (χ2n) is 6.78. The van der Waals surface area contributed by atoms with Crippen molar-refractivity contribution in [3.63, 3.8) is 0 Å². The van der Waals surface area contributed by atoms with E-state index in [2.05, 4.69) is 34.2 Å². The third-order valence-corrected chi connectivity index (χ3v) is 4.96. The molecule has 0 amide bonds. The molecule has 4 rings (SSSR count). The predicted octanol–water partition coefficient (Wildman–Crippen LogP) is 4.40. The molecule has 29 heavy (non-hydrogen) atoms. The molecule has 146 valence electrons. The average molecular weight is 386 g/mol. The van der Waals surface area contributed by atoms with Crippen LogP contribution in [0.25, 0.3) is 22.0 Å². The lowest BCUT2D eigenvalue weighted by Gasteiger charge is -2.11. The van der Waals surface area contributed by atoms with Crippen molar-refractivity contribution in [3.05, 3.63) is 83.8 Å². The van der Waals surface area contributed by atoms with Gasteiger partial charge in [0.05, 0.1) is 32.0 Å². The zero-order chi connectivity index (χ0) is 20.2. The van der Waals surface area contributed by atoms with Gasteiger partial charge in [-0.2, -0.15) is 0 Å². The van der Waals surface area contributed by atoms with E-state index in [-0.39, 0.29) is 6.61 Å². The van der Waals surface area contributed by atoms with Gasteiger partial charge < -0.3 is 14.6 Å². The summed E-state index contributed by atoms with van der Waals surface area (Å²) >= 11 is 0. The highest BCUT2D eigenvalue weighted by Crippen LogP contribution is 2.33. The second-order valence-corrected chi connectivity index (χ2v) is 6.78. The molecule has 0 unspecified atom stereocenters. The van der Waals surface area contributed by atoms with E-state index in [1.165, 1.54) is 0 Å². The number of hydrogen-bond acceptors (Lipinski definition) is 5. The van der Waals surface area contributed by atoms with Gasteiger partial charge in [0, 0.05) is 17.9 Å². The van der Waals surface area contributed by atoms with Crippen LogP contribution in [0, 0.1) is 0 Å². The minimum absolute atomic E-state index is 0.0335. The zero-order valence-electron chi connectivity index (χ0n) is 16.4. The van der Waals surface area contributed by atoms with E-state index in [9.17, 15) is 5.11 Å². The number of fused-ring (bicyclic) bond motifs is 1. The predicted molar refractivity (Wildman–Crippen MR) is 113 cm³/mol. The smallest absolute Gasteiger partial charge is 0.162 e. The van der Waals surface area contributed by atoms with E-state index >= 15 is 0 Å². The molecule has 5 heteroatoms. The highest BCUT2D eigenvalue weighted by atomic mass is 16.5. The fourth-order valence-electron chi connectivity index (χ4n) is 3.48. The molecule has 5 nitrogen and oxygen atoms in total. The fraction of sp³-hybridized carbons (Fsp3) is 0.167. The molecule has 1 heterocycles. The van der Waals surface area contributed by atoms with Crippen LogP contribution >= 0.6 is 0 Å². The van der Waals surface area contributed by atoms with Gasteiger partial charge in [0.15, 0.2) is 11.5 Å². The number of aliphatic hydroxyl groups excluding tert-OH is 1. The van der Waals surface area contributed by atoms with E-state index in [0.717, 1.165) is 38.9 Å². The first kappa shape index (κ1) is 18.9. The minimum Gasteiger partial charge on any atom is -0.493 e. The molecular weight excluding hydrogens is 364 g/mol. The fourth-order valence-corrected chi connectivity index (χ4v) is 3.48. The highest BCUT2D eigenvalue weighted by Gasteiger charge is 2.12. The molecule has 0 bridgehead atoms. The lowest BCUT2D eigenvalue weighted by Crippen LogP contribution is -1.98. The van der Waals surface area contributed by atoms with Crippen molar-refractivity contribution >= 4 is 10.9 Å². The van der Waals surface area contributed by atoms with Gasteiger partial charge in [-0.15, -0.1) is 0 Å². The molecular formula is C24H22N2O3. The molecule has 0 atom stereocenters. The molecule has 0 radical (unpaired) electrons. The Morgan fingerprint density at radius 3 is 2.14 bits per heavy atom. The van der Waals surface area contributed by atoms with Gasteiger partial charge in [0.1, 0.15) is 6.33 Å². The van der Waals surface area contributed by atoms with E-state index in [1.54, 1.807) is 20.5 Å². The van der Waals surface area contributed by atoms with Gasteiger partial charge in [-0.3, -0.25) is 0 Å². The van der Waals surface area contributed by atoms with Gasteiger partial charge in [-0.1, -0.05) is 42.5 Å². The summed E-state index contributed by atoms with van der Waals surface area (Å²) in [5, 5.41) is 10.3. The monoisotopic (exact) mass is 386 g/mol. The summed E-state index contributed by atoms with van der Waals surface area (Å²) < 4.78 is 10.8. The maximum atomic E-state index is 9.41. The van der Waals surface area contributed by atoms with Crippen molar-refractivity contribution in [3.8, 4) is 22.6 Å². The Bertz CT molecular complexity index is 1160. The molecule has 0 aliphatic carbocycles. The number of methoxy groups -OCH3 is 2. The van der Waals surface area contributed by atoms with Crippen LogP contribution in [0.2, 0.25) is 0 Å². The summed E-state index contributed by atoms with van der Waals surface area (Å²) in [7, 11) is 3.24. The quantitative estimate of drug-likeness (QED) is 0.532. The Balaban J connectivity index is 1.72. The third-order valence-electron chi connectivity index (χ3n) is 4.96. The first-order chi connectivity index (χ1) is 14.2. The van der Waals surface area contributed by atoms with Crippen molar-refractivity contribution in [2.45, 2.75) is 13.0 Å². The molecule has 0 aliphatic heterocycles. The summed E-state index contributed by atoms with van der Waals surface area (Å²) in [4.78, 5) is 8.90. The van der Waals surface area contributed by atoms with Gasteiger partial charge in [-0.25, -0.2) is 9.97 Å². The molecule has 0 fully saturated rings. The number of hydrogen-bond donors (Lipinski definition) is 1. The molecule has 4 aromatic rings. The lowest BCUT2D eigenvalue weighted by molar-refractivity contribution is 0.282. The largest absolute Gasteiger partial charge is 0.493 e. The first-order valence-electron chi connectivity index (χ1n) is 9.36. The van der Waals surface area contributed by atoms with Crippen molar-refractivity contribution in [2.24, 2.45) is 0 Å². The normalized spacial score (nSPS) is 10.9. The summed E-state index contributed by atoms with van der Waals surface area (Å²) in [6.07, 6.45) is 2.25. The summed E-state index contributed by atoms with van der Waals surface area (Å²) in [6, 6.07) is 20.1. The average Bonchev–Trinajstić information content (AvgIpc) is 2.78. The van der Waals surface area contributed by atoms with Gasteiger partial charge in [0.2, 0.25) is 0 Å². The van der Waals surface area contributed by atoms with Gasteiger partial charge in [-0.05, 0) is 34.4 Å². The summed E-state index contributed by atoms with van der Waals surface area (Å²) in [5.74, 6) is 1.31. The molecule has 0 aliphatic rings. The van der Waals surface area contributed by atoms with E-state index < -0.39 is 0 Å². The van der Waals surface area contributed by atoms with Crippen LogP contribution in [0.1, 0.15) is 16.8 Å². The number of ether oxygens (including phenoxy) is 2. The number of benzene rings is 3. The van der Waals surface area contributed by atoms with Crippen molar-refractivity contribution in [1.82, 2.24) is 9.97 Å². The van der Waals surface area contributed by atoms with Crippen molar-refractivity contribution in [2.75, 3.05) is 14.2 Å². The van der Waals surface area contributed by atoms with Crippen molar-refractivity contribution < 1.29 is 14.6 Å². The number of aliphatic hydroxyl groups is 1. The Kier molecular flexibility index (Phi) is 5.40. The third kappa shape index (κ3) is 3.91. The van der Waals surface area contributed by atoms with Crippen LogP contribution in [0.3, 0.4) is 0 Å². The Morgan fingerprint density at radius 2 is 1.45 bits per heavy atom. The SMILES string of the molecule is COc1cc2ncnc(Cc3cccc(-c4cccc(CO)c4)c3)c2cc1OC. The number of nitrogens with zero attached hydrogens (tertiary/aromatic N) is 2. The van der Waals surface area contributed by atoms with Crippen molar-refractivity contribution in [1.29, 1.82) is 0 Å². The first-order valence-corrected chi connectivity index (χ1v) is 9.36. The second kappa shape index (κ2) is 8.29. The highest BCUT2D eigenvalue weighted by molar-refractivity contribution is 5.85. The van der Waals surface area contributed by atoms with Crippen LogP contribution in [0.4, 0.5) is 0 Å². The maximum Gasteiger partial charge on any atom is 0.162 e. The van der Waals surface area contributed by atoms with E-state index in [0.29, 0.717) is 17.9 Å². The Morgan fingerprint density at radius 1 is 0.793 bits per heavy atom. The Labute approximate surface area is 169 Å². The van der Waals surface area contributed by atoms with Crippen LogP contribution in [0.15, 0.2) is 67.0 Å². The lowest BCUT2D eigenvalue weighted by atomic mass is 9.98. The van der Waals surface area contributed by atoms with Crippen LogP contribution in [-0.4, -0.2) is 29.3 Å². The maximum absolute atomic E-state index is 9.41. The van der Waals surface area contributed by atoms with Crippen LogP contribution in [0.5, 0.6) is 11.5 Å². The van der Waals surface area contributed by atoms with Crippen LogP contribution < -0.4 is 9.47 Å². The molecule has 1 N–H and O–H groups in total. The molecule has 3 aromatic carbocycles. The van der Waals surface area contributed by atoms with Crippen LogP contribution in [-0.2, 0) is 13.0 Å². The van der Waals surface area contributed by atoms with E-state index in [4.69, 9.17) is 9.47 Å². The summed E-state index contributed by atoms with van der Waals surface area (Å²) in [6.45, 7) is 0.0335. The molecule has 0 saturated heterocycles. The topological polar surface area (TPSA) is 64.5 Å². The zero-order valence-corrected chi connectivity index (χ0v) is 16.4. The Hall–Kier alpha value is -3.44.